The normalized spacial score (nSPS) is 17.9. The van der Waals surface area contributed by atoms with Crippen molar-refractivity contribution in [2.45, 2.75) is 50.2 Å². The van der Waals surface area contributed by atoms with Crippen LogP contribution in [0, 0.1) is 12.8 Å². The van der Waals surface area contributed by atoms with E-state index in [2.05, 4.69) is 10.0 Å². The predicted molar refractivity (Wildman–Crippen MR) is 86.6 cm³/mol. The van der Waals surface area contributed by atoms with Crippen LogP contribution < -0.4 is 15.8 Å². The Balaban J connectivity index is 2.13. The van der Waals surface area contributed by atoms with E-state index in [9.17, 15) is 13.2 Å². The van der Waals surface area contributed by atoms with Crippen LogP contribution in [0.3, 0.4) is 0 Å². The van der Waals surface area contributed by atoms with Gasteiger partial charge in [-0.2, -0.15) is 0 Å². The molecule has 8 heteroatoms. The molecule has 1 aromatic heterocycles. The minimum Gasteiger partial charge on any atom is -0.448 e. The maximum absolute atomic E-state index is 12.5. The van der Waals surface area contributed by atoms with Gasteiger partial charge in [0, 0.05) is 18.7 Å². The van der Waals surface area contributed by atoms with Crippen LogP contribution in [0.5, 0.6) is 0 Å². The third-order valence-corrected chi connectivity index (χ3v) is 5.73. The Morgan fingerprint density at radius 2 is 2.04 bits per heavy atom. The van der Waals surface area contributed by atoms with Gasteiger partial charge in [-0.3, -0.25) is 4.79 Å². The molecule has 1 amide bonds. The number of hydrogen-bond acceptors (Lipinski definition) is 5. The summed E-state index contributed by atoms with van der Waals surface area (Å²) in [4.78, 5) is 12.5. The Labute approximate surface area is 137 Å². The van der Waals surface area contributed by atoms with Crippen LogP contribution >= 0.6 is 0 Å². The van der Waals surface area contributed by atoms with Gasteiger partial charge in [-0.1, -0.05) is 19.3 Å². The third-order valence-electron chi connectivity index (χ3n) is 4.46. The Morgan fingerprint density at radius 1 is 1.39 bits per heavy atom. The predicted octanol–water partition coefficient (Wildman–Crippen LogP) is 1.13. The lowest BCUT2D eigenvalue weighted by atomic mass is 9.84. The maximum Gasteiger partial charge on any atom is 0.273 e. The summed E-state index contributed by atoms with van der Waals surface area (Å²) in [5.74, 6) is 0.311. The molecule has 1 saturated carbocycles. The van der Waals surface area contributed by atoms with E-state index >= 15 is 0 Å². The first kappa shape index (κ1) is 18.0. The van der Waals surface area contributed by atoms with Gasteiger partial charge in [-0.05, 0) is 32.7 Å². The Morgan fingerprint density at radius 3 is 2.61 bits per heavy atom. The zero-order valence-electron chi connectivity index (χ0n) is 13.6. The van der Waals surface area contributed by atoms with Gasteiger partial charge in [-0.15, -0.1) is 0 Å². The molecule has 1 heterocycles. The molecule has 0 bridgehead atoms. The van der Waals surface area contributed by atoms with Gasteiger partial charge in [0.25, 0.3) is 15.9 Å². The molecule has 1 aliphatic rings. The van der Waals surface area contributed by atoms with E-state index in [1.807, 2.05) is 0 Å². The van der Waals surface area contributed by atoms with Crippen LogP contribution in [0.15, 0.2) is 15.6 Å². The number of nitrogens with one attached hydrogen (secondary N) is 2. The molecular formula is C15H25N3O4S. The fourth-order valence-corrected chi connectivity index (χ4v) is 3.77. The molecule has 1 atom stereocenters. The van der Waals surface area contributed by atoms with Crippen molar-refractivity contribution < 1.29 is 17.6 Å². The van der Waals surface area contributed by atoms with Crippen molar-refractivity contribution in [1.82, 2.24) is 10.0 Å². The lowest BCUT2D eigenvalue weighted by Crippen LogP contribution is -2.46. The van der Waals surface area contributed by atoms with E-state index < -0.39 is 10.0 Å². The van der Waals surface area contributed by atoms with Gasteiger partial charge in [-0.25, -0.2) is 13.1 Å². The zero-order valence-corrected chi connectivity index (χ0v) is 14.4. The summed E-state index contributed by atoms with van der Waals surface area (Å²) in [7, 11) is -2.42. The van der Waals surface area contributed by atoms with E-state index in [1.165, 1.54) is 19.5 Å². The van der Waals surface area contributed by atoms with Gasteiger partial charge in [0.2, 0.25) is 5.09 Å². The number of carbonyl (C=O) groups excluding carboxylic acids is 1. The van der Waals surface area contributed by atoms with Crippen LogP contribution in [-0.4, -0.2) is 34.0 Å². The number of amides is 1. The summed E-state index contributed by atoms with van der Waals surface area (Å²) >= 11 is 0. The first-order valence-corrected chi connectivity index (χ1v) is 9.42. The minimum absolute atomic E-state index is 0.0959. The third kappa shape index (κ3) is 4.13. The van der Waals surface area contributed by atoms with Gasteiger partial charge in [0.15, 0.2) is 0 Å². The molecule has 1 aromatic rings. The minimum atomic E-state index is -3.71. The number of sulfonamides is 1. The van der Waals surface area contributed by atoms with Crippen molar-refractivity contribution in [3.05, 3.63) is 17.4 Å². The first-order valence-electron chi connectivity index (χ1n) is 7.94. The highest BCUT2D eigenvalue weighted by molar-refractivity contribution is 7.89. The van der Waals surface area contributed by atoms with Crippen molar-refractivity contribution in [3.63, 3.8) is 0 Å². The summed E-state index contributed by atoms with van der Waals surface area (Å²) in [6, 6.07) is 1.16. The lowest BCUT2D eigenvalue weighted by molar-refractivity contribution is 0.0914. The highest BCUT2D eigenvalue weighted by atomic mass is 32.2. The van der Waals surface area contributed by atoms with E-state index in [0.29, 0.717) is 12.5 Å². The van der Waals surface area contributed by atoms with Crippen molar-refractivity contribution >= 4 is 15.9 Å². The van der Waals surface area contributed by atoms with Crippen LogP contribution in [0.25, 0.3) is 0 Å². The number of carbonyl (C=O) groups is 1. The molecule has 130 valence electrons. The number of rotatable bonds is 6. The second-order valence-corrected chi connectivity index (χ2v) is 7.77. The van der Waals surface area contributed by atoms with Gasteiger partial charge in [0.05, 0.1) is 5.56 Å². The average molecular weight is 343 g/mol. The monoisotopic (exact) mass is 343 g/mol. The molecule has 4 N–H and O–H groups in total. The van der Waals surface area contributed by atoms with Crippen molar-refractivity contribution in [1.29, 1.82) is 0 Å². The highest BCUT2D eigenvalue weighted by Crippen LogP contribution is 2.27. The molecule has 23 heavy (non-hydrogen) atoms. The Bertz CT molecular complexity index is 648. The fourth-order valence-electron chi connectivity index (χ4n) is 3.07. The molecule has 1 unspecified atom stereocenters. The molecule has 0 aliphatic heterocycles. The van der Waals surface area contributed by atoms with Crippen LogP contribution in [0.1, 0.15) is 48.2 Å². The van der Waals surface area contributed by atoms with E-state index in [0.717, 1.165) is 25.7 Å². The maximum atomic E-state index is 12.5. The van der Waals surface area contributed by atoms with E-state index in [-0.39, 0.29) is 28.4 Å². The quantitative estimate of drug-likeness (QED) is 0.716. The molecule has 7 nitrogen and oxygen atoms in total. The smallest absolute Gasteiger partial charge is 0.273 e. The van der Waals surface area contributed by atoms with Gasteiger partial charge in [0.1, 0.15) is 5.76 Å². The molecule has 0 radical (unpaired) electrons. The van der Waals surface area contributed by atoms with E-state index in [4.69, 9.17) is 10.2 Å². The summed E-state index contributed by atoms with van der Waals surface area (Å²) in [5.41, 5.74) is 6.05. The molecule has 1 fully saturated rings. The number of aryl methyl sites for hydroxylation is 1. The fraction of sp³-hybridized carbons (Fsp3) is 0.667. The number of hydrogen-bond donors (Lipinski definition) is 3. The highest BCUT2D eigenvalue weighted by Gasteiger charge is 2.27. The van der Waals surface area contributed by atoms with Crippen molar-refractivity contribution in [3.8, 4) is 0 Å². The van der Waals surface area contributed by atoms with Crippen LogP contribution in [-0.2, 0) is 10.0 Å². The molecule has 2 rings (SSSR count). The molecular weight excluding hydrogens is 318 g/mol. The number of nitrogens with two attached hydrogens (primary N) is 1. The molecule has 0 saturated heterocycles. The molecule has 0 aromatic carbocycles. The van der Waals surface area contributed by atoms with Crippen molar-refractivity contribution in [2.75, 3.05) is 13.6 Å². The van der Waals surface area contributed by atoms with E-state index in [1.54, 1.807) is 6.92 Å². The zero-order chi connectivity index (χ0) is 17.0. The lowest BCUT2D eigenvalue weighted by Gasteiger charge is -2.30. The summed E-state index contributed by atoms with van der Waals surface area (Å²) in [6.07, 6.45) is 5.67. The molecule has 1 aliphatic carbocycles. The average Bonchev–Trinajstić information content (AvgIpc) is 2.96. The van der Waals surface area contributed by atoms with Crippen LogP contribution in [0.4, 0.5) is 0 Å². The Kier molecular flexibility index (Phi) is 5.83. The number of furan rings is 1. The SMILES string of the molecule is CNS(=O)(=O)c1cc(C(=O)NC(CN)C2CCCCC2)c(C)o1. The second kappa shape index (κ2) is 7.46. The van der Waals surface area contributed by atoms with Crippen molar-refractivity contribution in [2.24, 2.45) is 11.7 Å². The summed E-state index contributed by atoms with van der Waals surface area (Å²) in [6.45, 7) is 1.94. The standard InChI is InChI=1S/C15H25N3O4S/c1-10-12(8-14(22-10)23(20,21)17-2)15(19)18-13(9-16)11-6-4-3-5-7-11/h8,11,13,17H,3-7,9,16H2,1-2H3,(H,18,19). The molecule has 0 spiro atoms. The van der Waals surface area contributed by atoms with Gasteiger partial charge < -0.3 is 15.5 Å². The summed E-state index contributed by atoms with van der Waals surface area (Å²) < 4.78 is 30.9. The largest absolute Gasteiger partial charge is 0.448 e. The summed E-state index contributed by atoms with van der Waals surface area (Å²) in [5, 5.41) is 2.68. The Hall–Kier alpha value is -1.38. The van der Waals surface area contributed by atoms with Gasteiger partial charge >= 0.3 is 0 Å². The van der Waals surface area contributed by atoms with Crippen LogP contribution in [0.2, 0.25) is 0 Å². The second-order valence-electron chi connectivity index (χ2n) is 5.96. The topological polar surface area (TPSA) is 114 Å². The first-order chi connectivity index (χ1) is 10.9.